The first-order valence-electron chi connectivity index (χ1n) is 8.12. The van der Waals surface area contributed by atoms with Gasteiger partial charge in [-0.3, -0.25) is 9.78 Å². The molecular weight excluding hydrogens is 278 g/mol. The molecule has 2 atom stereocenters. The van der Waals surface area contributed by atoms with E-state index in [2.05, 4.69) is 29.5 Å². The molecule has 0 aliphatic carbocycles. The van der Waals surface area contributed by atoms with Gasteiger partial charge in [-0.2, -0.15) is 0 Å². The van der Waals surface area contributed by atoms with Crippen molar-refractivity contribution in [3.05, 3.63) is 30.1 Å². The van der Waals surface area contributed by atoms with Gasteiger partial charge in [0.15, 0.2) is 0 Å². The third kappa shape index (κ3) is 4.78. The van der Waals surface area contributed by atoms with Gasteiger partial charge in [0.25, 0.3) is 0 Å². The quantitative estimate of drug-likeness (QED) is 0.844. The molecule has 1 aliphatic rings. The molecular formula is C17H27N3O2. The van der Waals surface area contributed by atoms with Gasteiger partial charge < -0.3 is 15.4 Å². The summed E-state index contributed by atoms with van der Waals surface area (Å²) in [5, 5.41) is 6.61. The Hall–Kier alpha value is -1.46. The van der Waals surface area contributed by atoms with Gasteiger partial charge >= 0.3 is 0 Å². The molecule has 0 bridgehead atoms. The van der Waals surface area contributed by atoms with Crippen molar-refractivity contribution in [2.45, 2.75) is 51.7 Å². The van der Waals surface area contributed by atoms with Crippen LogP contribution in [0.4, 0.5) is 0 Å². The lowest BCUT2D eigenvalue weighted by Gasteiger charge is -2.30. The largest absolute Gasteiger partial charge is 0.381 e. The molecule has 5 heteroatoms. The molecule has 1 aromatic heterocycles. The number of ether oxygens (including phenoxy) is 1. The van der Waals surface area contributed by atoms with Crippen molar-refractivity contribution in [1.29, 1.82) is 0 Å². The van der Waals surface area contributed by atoms with Gasteiger partial charge in [0.2, 0.25) is 5.91 Å². The fourth-order valence-corrected chi connectivity index (χ4v) is 2.73. The van der Waals surface area contributed by atoms with Crippen LogP contribution >= 0.6 is 0 Å². The summed E-state index contributed by atoms with van der Waals surface area (Å²) >= 11 is 0. The second-order valence-corrected chi connectivity index (χ2v) is 6.29. The van der Waals surface area contributed by atoms with E-state index in [9.17, 15) is 4.79 Å². The van der Waals surface area contributed by atoms with E-state index >= 15 is 0 Å². The SMILES string of the molecule is CC(C)[C@H](NC1CCOCC1)C(=O)N[C@@H](C)c1ccncc1. The summed E-state index contributed by atoms with van der Waals surface area (Å²) in [6.07, 6.45) is 5.43. The highest BCUT2D eigenvalue weighted by Gasteiger charge is 2.27. The first-order chi connectivity index (χ1) is 10.6. The van der Waals surface area contributed by atoms with E-state index in [1.165, 1.54) is 0 Å². The summed E-state index contributed by atoms with van der Waals surface area (Å²) < 4.78 is 5.38. The summed E-state index contributed by atoms with van der Waals surface area (Å²) in [6, 6.07) is 4.03. The highest BCUT2D eigenvalue weighted by molar-refractivity contribution is 5.82. The van der Waals surface area contributed by atoms with E-state index in [1.807, 2.05) is 19.1 Å². The smallest absolute Gasteiger partial charge is 0.237 e. The number of hydrogen-bond acceptors (Lipinski definition) is 4. The zero-order valence-electron chi connectivity index (χ0n) is 13.7. The van der Waals surface area contributed by atoms with Crippen LogP contribution < -0.4 is 10.6 Å². The fourth-order valence-electron chi connectivity index (χ4n) is 2.73. The number of aromatic nitrogens is 1. The van der Waals surface area contributed by atoms with E-state index in [-0.39, 0.29) is 23.9 Å². The molecule has 0 unspecified atom stereocenters. The van der Waals surface area contributed by atoms with Crippen molar-refractivity contribution in [3.63, 3.8) is 0 Å². The third-order valence-electron chi connectivity index (χ3n) is 4.15. The number of carbonyl (C=O) groups is 1. The number of pyridine rings is 1. The van der Waals surface area contributed by atoms with Crippen LogP contribution in [0.15, 0.2) is 24.5 Å². The van der Waals surface area contributed by atoms with Crippen LogP contribution in [0.2, 0.25) is 0 Å². The van der Waals surface area contributed by atoms with E-state index in [4.69, 9.17) is 4.74 Å². The topological polar surface area (TPSA) is 63.2 Å². The Balaban J connectivity index is 1.94. The van der Waals surface area contributed by atoms with Gasteiger partial charge in [-0.15, -0.1) is 0 Å². The van der Waals surface area contributed by atoms with Crippen LogP contribution in [-0.4, -0.2) is 36.2 Å². The number of amides is 1. The second-order valence-electron chi connectivity index (χ2n) is 6.29. The Morgan fingerprint density at radius 2 is 1.86 bits per heavy atom. The zero-order valence-corrected chi connectivity index (χ0v) is 13.7. The standard InChI is InChI=1S/C17H27N3O2/c1-12(2)16(20-15-6-10-22-11-7-15)17(21)19-13(3)14-4-8-18-9-5-14/h4-5,8-9,12-13,15-16,20H,6-7,10-11H2,1-3H3,(H,19,21)/t13-,16-/m0/s1. The molecule has 2 rings (SSSR count). The molecule has 2 heterocycles. The molecule has 1 saturated heterocycles. The number of hydrogen-bond donors (Lipinski definition) is 2. The van der Waals surface area contributed by atoms with Crippen LogP contribution in [-0.2, 0) is 9.53 Å². The molecule has 1 aliphatic heterocycles. The Morgan fingerprint density at radius 1 is 1.23 bits per heavy atom. The van der Waals surface area contributed by atoms with Crippen molar-refractivity contribution >= 4 is 5.91 Å². The lowest BCUT2D eigenvalue weighted by Crippen LogP contribution is -2.52. The van der Waals surface area contributed by atoms with Crippen molar-refractivity contribution in [3.8, 4) is 0 Å². The van der Waals surface area contributed by atoms with Crippen LogP contribution in [0.3, 0.4) is 0 Å². The first kappa shape index (κ1) is 16.9. The number of nitrogens with zero attached hydrogens (tertiary/aromatic N) is 1. The maximum Gasteiger partial charge on any atom is 0.237 e. The van der Waals surface area contributed by atoms with Gasteiger partial charge in [0, 0.05) is 31.6 Å². The van der Waals surface area contributed by atoms with Gasteiger partial charge in [-0.25, -0.2) is 0 Å². The first-order valence-corrected chi connectivity index (χ1v) is 8.12. The predicted octanol–water partition coefficient (Wildman–Crippen LogP) is 2.05. The van der Waals surface area contributed by atoms with Crippen molar-refractivity contribution < 1.29 is 9.53 Å². The van der Waals surface area contributed by atoms with Gasteiger partial charge in [-0.05, 0) is 43.4 Å². The lowest BCUT2D eigenvalue weighted by atomic mass is 9.99. The summed E-state index contributed by atoms with van der Waals surface area (Å²) in [4.78, 5) is 16.6. The Kier molecular flexibility index (Phi) is 6.34. The van der Waals surface area contributed by atoms with Crippen LogP contribution in [0.1, 0.15) is 45.2 Å². The van der Waals surface area contributed by atoms with Gasteiger partial charge in [0.05, 0.1) is 12.1 Å². The molecule has 0 spiro atoms. The number of nitrogens with one attached hydrogen (secondary N) is 2. The average molecular weight is 305 g/mol. The van der Waals surface area contributed by atoms with Gasteiger partial charge in [-0.1, -0.05) is 13.8 Å². The van der Waals surface area contributed by atoms with Crippen LogP contribution in [0.25, 0.3) is 0 Å². The second kappa shape index (κ2) is 8.25. The van der Waals surface area contributed by atoms with Crippen molar-refractivity contribution in [2.75, 3.05) is 13.2 Å². The monoisotopic (exact) mass is 305 g/mol. The van der Waals surface area contributed by atoms with Crippen molar-refractivity contribution in [2.24, 2.45) is 5.92 Å². The minimum atomic E-state index is -0.174. The third-order valence-corrected chi connectivity index (χ3v) is 4.15. The molecule has 22 heavy (non-hydrogen) atoms. The Labute approximate surface area is 132 Å². The molecule has 5 nitrogen and oxygen atoms in total. The number of rotatable bonds is 6. The molecule has 0 radical (unpaired) electrons. The molecule has 1 aromatic rings. The van der Waals surface area contributed by atoms with Crippen molar-refractivity contribution in [1.82, 2.24) is 15.6 Å². The highest BCUT2D eigenvalue weighted by Crippen LogP contribution is 2.14. The summed E-state index contributed by atoms with van der Waals surface area (Å²) in [6.45, 7) is 7.70. The molecule has 122 valence electrons. The highest BCUT2D eigenvalue weighted by atomic mass is 16.5. The average Bonchev–Trinajstić information content (AvgIpc) is 2.54. The molecule has 0 aromatic carbocycles. The van der Waals surface area contributed by atoms with Gasteiger partial charge in [0.1, 0.15) is 0 Å². The Bertz CT molecular complexity index is 458. The maximum absolute atomic E-state index is 12.6. The number of carbonyl (C=O) groups excluding carboxylic acids is 1. The van der Waals surface area contributed by atoms with E-state index in [0.29, 0.717) is 6.04 Å². The maximum atomic E-state index is 12.6. The van der Waals surface area contributed by atoms with E-state index in [0.717, 1.165) is 31.6 Å². The molecule has 2 N–H and O–H groups in total. The predicted molar refractivity (Wildman–Crippen MR) is 86.4 cm³/mol. The molecule has 1 amide bonds. The minimum absolute atomic E-state index is 0.0201. The summed E-state index contributed by atoms with van der Waals surface area (Å²) in [5.41, 5.74) is 1.07. The van der Waals surface area contributed by atoms with Crippen LogP contribution in [0.5, 0.6) is 0 Å². The van der Waals surface area contributed by atoms with E-state index < -0.39 is 0 Å². The van der Waals surface area contributed by atoms with E-state index in [1.54, 1.807) is 12.4 Å². The summed E-state index contributed by atoms with van der Waals surface area (Å²) in [5.74, 6) is 0.304. The minimum Gasteiger partial charge on any atom is -0.381 e. The van der Waals surface area contributed by atoms with Crippen LogP contribution in [0, 0.1) is 5.92 Å². The summed E-state index contributed by atoms with van der Waals surface area (Å²) in [7, 11) is 0. The normalized spacial score (nSPS) is 18.9. The lowest BCUT2D eigenvalue weighted by molar-refractivity contribution is -0.125. The fraction of sp³-hybridized carbons (Fsp3) is 0.647. The molecule has 0 saturated carbocycles. The molecule has 1 fully saturated rings. The zero-order chi connectivity index (χ0) is 15.9. The Morgan fingerprint density at radius 3 is 2.45 bits per heavy atom.